The molecule has 0 fully saturated rings. The Bertz CT molecular complexity index is 879. The first-order chi connectivity index (χ1) is 13.4. The molecule has 0 aliphatic rings. The number of rotatable bonds is 6. The van der Waals surface area contributed by atoms with Crippen LogP contribution in [0.3, 0.4) is 0 Å². The Balaban J connectivity index is 0.000000291. The molecule has 2 aromatic rings. The molecule has 0 saturated heterocycles. The highest BCUT2D eigenvalue weighted by Gasteiger charge is 2.15. The highest BCUT2D eigenvalue weighted by molar-refractivity contribution is 14.1. The van der Waals surface area contributed by atoms with Gasteiger partial charge in [-0.05, 0) is 80.9 Å². The number of carbonyl (C=O) groups is 2. The summed E-state index contributed by atoms with van der Waals surface area (Å²) < 4.78 is 26.7. The van der Waals surface area contributed by atoms with E-state index in [-0.39, 0.29) is 36.3 Å². The summed E-state index contributed by atoms with van der Waals surface area (Å²) in [4.78, 5) is 21.2. The molecule has 2 rings (SSSR count). The number of carboxylic acids is 2. The molecule has 0 amide bonds. The molecule has 29 heavy (non-hydrogen) atoms. The molecule has 7 heteroatoms. The van der Waals surface area contributed by atoms with Gasteiger partial charge >= 0.3 is 11.9 Å². The standard InChI is InChI=1S/C11H12FIO2.C11H13FO2/c1-6(2)8-3-7(12)4-10(13)9(8)5-11(14)15;1-7(2)10-6-9(12)4-3-8(10)5-11(13)14/h3-4,6H,5H2,1-2H3,(H,14,15);3-4,6-7H,5H2,1-2H3,(H,13,14). The van der Waals surface area contributed by atoms with Gasteiger partial charge in [0, 0.05) is 3.57 Å². The summed E-state index contributed by atoms with van der Waals surface area (Å²) in [5, 5.41) is 17.4. The van der Waals surface area contributed by atoms with Gasteiger partial charge in [0.1, 0.15) is 11.6 Å². The summed E-state index contributed by atoms with van der Waals surface area (Å²) in [5.74, 6) is -2.14. The smallest absolute Gasteiger partial charge is 0.307 e. The van der Waals surface area contributed by atoms with Crippen LogP contribution in [0.25, 0.3) is 0 Å². The van der Waals surface area contributed by atoms with Crippen molar-refractivity contribution in [2.75, 3.05) is 0 Å². The van der Waals surface area contributed by atoms with Crippen molar-refractivity contribution >= 4 is 34.5 Å². The molecule has 0 aromatic heterocycles. The minimum atomic E-state index is -0.890. The predicted octanol–water partition coefficient (Wildman–Crippen LogP) is 5.76. The number of halogens is 3. The molecule has 0 atom stereocenters. The van der Waals surface area contributed by atoms with Crippen molar-refractivity contribution in [3.63, 3.8) is 0 Å². The monoisotopic (exact) mass is 518 g/mol. The minimum absolute atomic E-state index is 0.0478. The Labute approximate surface area is 183 Å². The quantitative estimate of drug-likeness (QED) is 0.478. The molecule has 0 bridgehead atoms. The lowest BCUT2D eigenvalue weighted by atomic mass is 9.95. The second-order valence-electron chi connectivity index (χ2n) is 7.25. The van der Waals surface area contributed by atoms with Gasteiger partial charge in [-0.15, -0.1) is 0 Å². The molecule has 158 valence electrons. The SMILES string of the molecule is CC(C)c1cc(F)cc(I)c1CC(=O)O.CC(C)c1cc(F)ccc1CC(=O)O. The van der Waals surface area contributed by atoms with E-state index in [0.29, 0.717) is 9.13 Å². The second-order valence-corrected chi connectivity index (χ2v) is 8.41. The third-order valence-electron chi connectivity index (χ3n) is 4.22. The third kappa shape index (κ3) is 8.08. The Morgan fingerprint density at radius 2 is 1.38 bits per heavy atom. The topological polar surface area (TPSA) is 74.6 Å². The molecular formula is C22H25F2IO4. The lowest BCUT2D eigenvalue weighted by Gasteiger charge is -2.13. The van der Waals surface area contributed by atoms with Gasteiger partial charge in [-0.3, -0.25) is 9.59 Å². The molecule has 0 spiro atoms. The van der Waals surface area contributed by atoms with Crippen molar-refractivity contribution in [1.29, 1.82) is 0 Å². The fraction of sp³-hybridized carbons (Fsp3) is 0.364. The summed E-state index contributed by atoms with van der Waals surface area (Å²) in [6, 6.07) is 7.03. The lowest BCUT2D eigenvalue weighted by Crippen LogP contribution is -2.07. The third-order valence-corrected chi connectivity index (χ3v) is 5.18. The van der Waals surface area contributed by atoms with Gasteiger partial charge in [-0.25, -0.2) is 8.78 Å². The molecule has 0 aliphatic heterocycles. The Hall–Kier alpha value is -2.03. The van der Waals surface area contributed by atoms with Gasteiger partial charge in [0.2, 0.25) is 0 Å². The van der Waals surface area contributed by atoms with Crippen molar-refractivity contribution in [3.8, 4) is 0 Å². The van der Waals surface area contributed by atoms with E-state index in [2.05, 4.69) is 0 Å². The normalized spacial score (nSPS) is 10.7. The number of carboxylic acid groups (broad SMARTS) is 2. The average Bonchev–Trinajstić information content (AvgIpc) is 2.58. The number of aliphatic carboxylic acids is 2. The molecule has 0 unspecified atom stereocenters. The minimum Gasteiger partial charge on any atom is -0.481 e. The summed E-state index contributed by atoms with van der Waals surface area (Å²) in [5.41, 5.74) is 2.96. The summed E-state index contributed by atoms with van der Waals surface area (Å²) in [7, 11) is 0. The van der Waals surface area contributed by atoms with Crippen molar-refractivity contribution < 1.29 is 28.6 Å². The van der Waals surface area contributed by atoms with Crippen molar-refractivity contribution in [2.45, 2.75) is 52.4 Å². The lowest BCUT2D eigenvalue weighted by molar-refractivity contribution is -0.137. The van der Waals surface area contributed by atoms with Crippen molar-refractivity contribution in [3.05, 3.63) is 67.8 Å². The number of hydrogen-bond acceptors (Lipinski definition) is 2. The van der Waals surface area contributed by atoms with Crippen LogP contribution in [0.1, 0.15) is 61.8 Å². The number of hydrogen-bond donors (Lipinski definition) is 2. The fourth-order valence-electron chi connectivity index (χ4n) is 2.90. The van der Waals surface area contributed by atoms with Crippen LogP contribution in [0.15, 0.2) is 30.3 Å². The van der Waals surface area contributed by atoms with E-state index in [1.54, 1.807) is 6.07 Å². The molecular weight excluding hydrogens is 493 g/mol. The first-order valence-corrected chi connectivity index (χ1v) is 10.2. The molecule has 2 N–H and O–H groups in total. The van der Waals surface area contributed by atoms with E-state index >= 15 is 0 Å². The van der Waals surface area contributed by atoms with Gasteiger partial charge < -0.3 is 10.2 Å². The summed E-state index contributed by atoms with van der Waals surface area (Å²) in [6.07, 6.45) is -0.0974. The first kappa shape index (κ1) is 25.0. The number of benzene rings is 2. The van der Waals surface area contributed by atoms with Crippen LogP contribution in [-0.4, -0.2) is 22.2 Å². The average molecular weight is 518 g/mol. The van der Waals surface area contributed by atoms with Gasteiger partial charge in [0.15, 0.2) is 0 Å². The highest BCUT2D eigenvalue weighted by atomic mass is 127. The molecule has 0 heterocycles. The van der Waals surface area contributed by atoms with E-state index in [4.69, 9.17) is 10.2 Å². The summed E-state index contributed by atoms with van der Waals surface area (Å²) in [6.45, 7) is 7.69. The Kier molecular flexibility index (Phi) is 9.68. The van der Waals surface area contributed by atoms with E-state index in [0.717, 1.165) is 16.7 Å². The van der Waals surface area contributed by atoms with Gasteiger partial charge in [0.05, 0.1) is 12.8 Å². The van der Waals surface area contributed by atoms with Crippen LogP contribution in [0.5, 0.6) is 0 Å². The molecule has 0 saturated carbocycles. The van der Waals surface area contributed by atoms with E-state index < -0.39 is 11.9 Å². The predicted molar refractivity (Wildman–Crippen MR) is 116 cm³/mol. The van der Waals surface area contributed by atoms with Crippen LogP contribution >= 0.6 is 22.6 Å². The van der Waals surface area contributed by atoms with Crippen LogP contribution in [0.4, 0.5) is 8.78 Å². The summed E-state index contributed by atoms with van der Waals surface area (Å²) >= 11 is 1.97. The van der Waals surface area contributed by atoms with Crippen LogP contribution in [0, 0.1) is 15.2 Å². The zero-order valence-electron chi connectivity index (χ0n) is 16.8. The maximum atomic E-state index is 13.2. The largest absolute Gasteiger partial charge is 0.481 e. The van der Waals surface area contributed by atoms with Crippen LogP contribution in [0.2, 0.25) is 0 Å². The maximum Gasteiger partial charge on any atom is 0.307 e. The fourth-order valence-corrected chi connectivity index (χ4v) is 3.70. The van der Waals surface area contributed by atoms with E-state index in [9.17, 15) is 18.4 Å². The Morgan fingerprint density at radius 3 is 1.86 bits per heavy atom. The zero-order valence-corrected chi connectivity index (χ0v) is 19.0. The highest BCUT2D eigenvalue weighted by Crippen LogP contribution is 2.26. The maximum absolute atomic E-state index is 13.2. The first-order valence-electron chi connectivity index (χ1n) is 9.12. The zero-order chi connectivity index (χ0) is 22.3. The molecule has 0 aliphatic carbocycles. The second kappa shape index (κ2) is 11.2. The Morgan fingerprint density at radius 1 is 0.862 bits per heavy atom. The van der Waals surface area contributed by atoms with Crippen molar-refractivity contribution in [2.24, 2.45) is 0 Å². The molecule has 0 radical (unpaired) electrons. The van der Waals surface area contributed by atoms with Gasteiger partial charge in [-0.1, -0.05) is 33.8 Å². The van der Waals surface area contributed by atoms with Crippen molar-refractivity contribution in [1.82, 2.24) is 0 Å². The molecule has 4 nitrogen and oxygen atoms in total. The van der Waals surface area contributed by atoms with Crippen LogP contribution in [-0.2, 0) is 22.4 Å². The molecule has 2 aromatic carbocycles. The van der Waals surface area contributed by atoms with E-state index in [1.165, 1.54) is 24.3 Å². The van der Waals surface area contributed by atoms with Gasteiger partial charge in [-0.2, -0.15) is 0 Å². The van der Waals surface area contributed by atoms with E-state index in [1.807, 2.05) is 50.3 Å². The van der Waals surface area contributed by atoms with Crippen LogP contribution < -0.4 is 0 Å². The van der Waals surface area contributed by atoms with Gasteiger partial charge in [0.25, 0.3) is 0 Å².